The molecule has 2 aromatic rings. The topological polar surface area (TPSA) is 78.6 Å². The molecule has 29 heavy (non-hydrogen) atoms. The van der Waals surface area contributed by atoms with E-state index >= 15 is 0 Å². The number of hydrogen-bond donors (Lipinski definition) is 1. The lowest BCUT2D eigenvalue weighted by Crippen LogP contribution is -2.49. The van der Waals surface area contributed by atoms with E-state index in [-0.39, 0.29) is 5.41 Å². The van der Waals surface area contributed by atoms with Crippen LogP contribution in [0.25, 0.3) is 0 Å². The Bertz CT molecular complexity index is 918. The number of benzene rings is 2. The zero-order chi connectivity index (χ0) is 20.5. The molecule has 1 atom stereocenters. The third kappa shape index (κ3) is 3.74. The molecule has 1 heterocycles. The van der Waals surface area contributed by atoms with Crippen molar-refractivity contribution in [1.82, 2.24) is 0 Å². The Balaban J connectivity index is 1.54. The van der Waals surface area contributed by atoms with Gasteiger partial charge < -0.3 is 15.2 Å². The van der Waals surface area contributed by atoms with Crippen molar-refractivity contribution in [2.24, 2.45) is 5.73 Å². The number of ether oxygens (including phenoxy) is 2. The van der Waals surface area contributed by atoms with Crippen molar-refractivity contribution in [2.45, 2.75) is 56.5 Å². The highest BCUT2D eigenvalue weighted by molar-refractivity contribution is 5.94. The Morgan fingerprint density at radius 1 is 1.07 bits per heavy atom. The van der Waals surface area contributed by atoms with E-state index in [4.69, 9.17) is 15.2 Å². The summed E-state index contributed by atoms with van der Waals surface area (Å²) in [5, 5.41) is 0. The summed E-state index contributed by atoms with van der Waals surface area (Å²) in [7, 11) is 0. The number of esters is 1. The second kappa shape index (κ2) is 7.54. The van der Waals surface area contributed by atoms with Gasteiger partial charge in [0.25, 0.3) is 5.91 Å². The van der Waals surface area contributed by atoms with Gasteiger partial charge >= 0.3 is 5.97 Å². The summed E-state index contributed by atoms with van der Waals surface area (Å²) in [4.78, 5) is 24.8. The molecule has 5 nitrogen and oxygen atoms in total. The van der Waals surface area contributed by atoms with E-state index in [1.165, 1.54) is 5.56 Å². The quantitative estimate of drug-likeness (QED) is 0.781. The molecular formula is C24H27NO4. The van der Waals surface area contributed by atoms with Crippen LogP contribution in [0.2, 0.25) is 0 Å². The van der Waals surface area contributed by atoms with Crippen LogP contribution in [-0.4, -0.2) is 24.1 Å². The predicted octanol–water partition coefficient (Wildman–Crippen LogP) is 3.92. The molecule has 2 N–H and O–H groups in total. The van der Waals surface area contributed by atoms with E-state index in [0.29, 0.717) is 30.8 Å². The van der Waals surface area contributed by atoms with Crippen LogP contribution in [-0.2, 0) is 21.4 Å². The summed E-state index contributed by atoms with van der Waals surface area (Å²) >= 11 is 0. The minimum absolute atomic E-state index is 0.156. The van der Waals surface area contributed by atoms with Crippen molar-refractivity contribution < 1.29 is 19.1 Å². The summed E-state index contributed by atoms with van der Waals surface area (Å²) in [6, 6.07) is 15.7. The molecule has 0 spiro atoms. The zero-order valence-electron chi connectivity index (χ0n) is 16.8. The standard InChI is InChI=1S/C24H27NO4/c1-23(15-17-8-4-2-5-9-17)16-28-20-14-18(10-11-19(20)23)21(26)29-24(22(25)27)12-6-3-7-13-24/h2,4-5,8-11,14H,3,6-7,12-13,15-16H2,1H3,(H2,25,27). The Morgan fingerprint density at radius 3 is 2.48 bits per heavy atom. The Hall–Kier alpha value is -2.82. The van der Waals surface area contributed by atoms with Crippen molar-refractivity contribution in [3.63, 3.8) is 0 Å². The number of primary amides is 1. The lowest BCUT2D eigenvalue weighted by Gasteiger charge is -2.33. The molecule has 2 aromatic carbocycles. The van der Waals surface area contributed by atoms with Crippen LogP contribution in [0.15, 0.2) is 48.5 Å². The van der Waals surface area contributed by atoms with Crippen molar-refractivity contribution >= 4 is 11.9 Å². The van der Waals surface area contributed by atoms with Crippen LogP contribution < -0.4 is 10.5 Å². The van der Waals surface area contributed by atoms with Crippen LogP contribution >= 0.6 is 0 Å². The zero-order valence-corrected chi connectivity index (χ0v) is 16.8. The number of rotatable bonds is 5. The summed E-state index contributed by atoms with van der Waals surface area (Å²) in [6.07, 6.45) is 4.53. The smallest absolute Gasteiger partial charge is 0.339 e. The van der Waals surface area contributed by atoms with Crippen molar-refractivity contribution in [2.75, 3.05) is 6.61 Å². The Kier molecular flexibility index (Phi) is 5.07. The lowest BCUT2D eigenvalue weighted by molar-refractivity contribution is -0.140. The molecular weight excluding hydrogens is 366 g/mol. The first-order valence-electron chi connectivity index (χ1n) is 10.3. The molecule has 0 saturated heterocycles. The maximum atomic E-state index is 12.8. The number of fused-ring (bicyclic) bond motifs is 1. The molecule has 1 fully saturated rings. The molecule has 152 valence electrons. The molecule has 0 radical (unpaired) electrons. The number of carbonyl (C=O) groups is 2. The third-order valence-electron chi connectivity index (χ3n) is 6.25. The fourth-order valence-electron chi connectivity index (χ4n) is 4.53. The molecule has 5 heteroatoms. The average Bonchev–Trinajstić information content (AvgIpc) is 3.05. The van der Waals surface area contributed by atoms with Gasteiger partial charge in [-0.15, -0.1) is 0 Å². The van der Waals surface area contributed by atoms with Gasteiger partial charge in [-0.2, -0.15) is 0 Å². The van der Waals surface area contributed by atoms with Gasteiger partial charge in [0.2, 0.25) is 0 Å². The maximum Gasteiger partial charge on any atom is 0.339 e. The van der Waals surface area contributed by atoms with E-state index < -0.39 is 17.5 Å². The SMILES string of the molecule is CC1(Cc2ccccc2)COc2cc(C(=O)OC3(C(N)=O)CCCCC3)ccc21. The first-order valence-corrected chi connectivity index (χ1v) is 10.3. The lowest BCUT2D eigenvalue weighted by atomic mass is 9.79. The van der Waals surface area contributed by atoms with Gasteiger partial charge in [0.05, 0.1) is 12.2 Å². The van der Waals surface area contributed by atoms with Crippen LogP contribution in [0.4, 0.5) is 0 Å². The minimum Gasteiger partial charge on any atom is -0.492 e. The number of carbonyl (C=O) groups excluding carboxylic acids is 2. The van der Waals surface area contributed by atoms with Crippen molar-refractivity contribution in [3.05, 3.63) is 65.2 Å². The molecule has 4 rings (SSSR count). The second-order valence-corrected chi connectivity index (χ2v) is 8.53. The number of amides is 1. The maximum absolute atomic E-state index is 12.8. The van der Waals surface area contributed by atoms with Crippen LogP contribution in [0.1, 0.15) is 60.5 Å². The summed E-state index contributed by atoms with van der Waals surface area (Å²) in [5.74, 6) is -0.373. The minimum atomic E-state index is -1.18. The van der Waals surface area contributed by atoms with Gasteiger partial charge in [-0.05, 0) is 49.8 Å². The van der Waals surface area contributed by atoms with E-state index in [0.717, 1.165) is 31.2 Å². The monoisotopic (exact) mass is 393 g/mol. The van der Waals surface area contributed by atoms with E-state index in [9.17, 15) is 9.59 Å². The van der Waals surface area contributed by atoms with Gasteiger partial charge in [0.15, 0.2) is 5.60 Å². The average molecular weight is 393 g/mol. The fraction of sp³-hybridized carbons (Fsp3) is 0.417. The first-order chi connectivity index (χ1) is 13.9. The van der Waals surface area contributed by atoms with E-state index in [1.807, 2.05) is 24.3 Å². The van der Waals surface area contributed by atoms with E-state index in [1.54, 1.807) is 12.1 Å². The molecule has 1 amide bonds. The van der Waals surface area contributed by atoms with Crippen LogP contribution in [0, 0.1) is 0 Å². The number of nitrogens with two attached hydrogens (primary N) is 1. The fourth-order valence-corrected chi connectivity index (χ4v) is 4.53. The molecule has 1 unspecified atom stereocenters. The summed E-state index contributed by atoms with van der Waals surface area (Å²) < 4.78 is 11.6. The highest BCUT2D eigenvalue weighted by Crippen LogP contribution is 2.42. The van der Waals surface area contributed by atoms with Gasteiger partial charge in [-0.25, -0.2) is 4.79 Å². The van der Waals surface area contributed by atoms with E-state index in [2.05, 4.69) is 19.1 Å². The predicted molar refractivity (Wildman–Crippen MR) is 110 cm³/mol. The van der Waals surface area contributed by atoms with Crippen molar-refractivity contribution in [3.8, 4) is 5.75 Å². The Morgan fingerprint density at radius 2 is 1.79 bits per heavy atom. The van der Waals surface area contributed by atoms with Gasteiger partial charge in [-0.3, -0.25) is 4.79 Å². The van der Waals surface area contributed by atoms with Gasteiger partial charge in [0, 0.05) is 11.0 Å². The van der Waals surface area contributed by atoms with Crippen LogP contribution in [0.3, 0.4) is 0 Å². The second-order valence-electron chi connectivity index (χ2n) is 8.53. The summed E-state index contributed by atoms with van der Waals surface area (Å²) in [6.45, 7) is 2.73. The molecule has 1 aliphatic heterocycles. The van der Waals surface area contributed by atoms with Crippen molar-refractivity contribution in [1.29, 1.82) is 0 Å². The van der Waals surface area contributed by atoms with Gasteiger partial charge in [0.1, 0.15) is 5.75 Å². The number of hydrogen-bond acceptors (Lipinski definition) is 4. The molecule has 1 aliphatic carbocycles. The molecule has 1 saturated carbocycles. The molecule has 0 bridgehead atoms. The largest absolute Gasteiger partial charge is 0.492 e. The summed E-state index contributed by atoms with van der Waals surface area (Å²) in [5.41, 5.74) is 6.96. The highest BCUT2D eigenvalue weighted by Gasteiger charge is 2.42. The molecule has 0 aromatic heterocycles. The van der Waals surface area contributed by atoms with Crippen LogP contribution in [0.5, 0.6) is 5.75 Å². The third-order valence-corrected chi connectivity index (χ3v) is 6.25. The first kappa shape index (κ1) is 19.5. The normalized spacial score (nSPS) is 22.4. The Labute approximate surface area is 171 Å². The van der Waals surface area contributed by atoms with Gasteiger partial charge in [-0.1, -0.05) is 49.7 Å². The molecule has 2 aliphatic rings. The highest BCUT2D eigenvalue weighted by atomic mass is 16.6.